The molecule has 0 spiro atoms. The van der Waals surface area contributed by atoms with Crippen molar-refractivity contribution in [3.63, 3.8) is 0 Å². The summed E-state index contributed by atoms with van der Waals surface area (Å²) >= 11 is 6.10. The molecule has 1 saturated carbocycles. The number of aromatic nitrogens is 5. The van der Waals surface area contributed by atoms with Gasteiger partial charge in [0, 0.05) is 48.9 Å². The van der Waals surface area contributed by atoms with Crippen molar-refractivity contribution in [3.05, 3.63) is 66.2 Å². The van der Waals surface area contributed by atoms with Gasteiger partial charge in [0.2, 0.25) is 5.91 Å². The van der Waals surface area contributed by atoms with Gasteiger partial charge in [-0.15, -0.1) is 11.6 Å². The zero-order valence-electron chi connectivity index (χ0n) is 21.4. The molecule has 9 nitrogen and oxygen atoms in total. The lowest BCUT2D eigenvalue weighted by Gasteiger charge is -2.21. The summed E-state index contributed by atoms with van der Waals surface area (Å²) in [5.41, 5.74) is 3.21. The van der Waals surface area contributed by atoms with Crippen molar-refractivity contribution in [2.24, 2.45) is 12.5 Å². The van der Waals surface area contributed by atoms with Gasteiger partial charge in [-0.2, -0.15) is 19.0 Å². The van der Waals surface area contributed by atoms with Gasteiger partial charge >= 0.3 is 12.5 Å². The Labute approximate surface area is 228 Å². The van der Waals surface area contributed by atoms with Crippen LogP contribution in [0.25, 0.3) is 22.2 Å². The van der Waals surface area contributed by atoms with Crippen LogP contribution in [-0.2, 0) is 27.8 Å². The Morgan fingerprint density at radius 1 is 1.21 bits per heavy atom. The lowest BCUT2D eigenvalue weighted by molar-refractivity contribution is -0.145. The van der Waals surface area contributed by atoms with Crippen molar-refractivity contribution >= 4 is 34.5 Å². The normalized spacial score (nSPS) is 19.3. The van der Waals surface area contributed by atoms with E-state index >= 15 is 0 Å². The molecule has 1 aliphatic carbocycles. The number of fused-ring (bicyclic) bond motifs is 1. The van der Waals surface area contributed by atoms with Crippen LogP contribution in [0, 0.1) is 5.41 Å². The summed E-state index contributed by atoms with van der Waals surface area (Å²) in [5.74, 6) is -0.804. The molecule has 39 heavy (non-hydrogen) atoms. The SMILES string of the molecule is COC(=O)[C@@H](Cc1cnn(C(F)F)c1)NC(=O)[C@@]1(CCCl)C[C@@H]1c1ccc(-c2cnc3nn(C)cc3c2)cc1. The number of benzene rings is 1. The van der Waals surface area contributed by atoms with E-state index in [0.29, 0.717) is 28.7 Å². The molecule has 0 saturated heterocycles. The van der Waals surface area contributed by atoms with Crippen molar-refractivity contribution in [1.82, 2.24) is 29.9 Å². The molecule has 12 heteroatoms. The molecule has 4 aromatic rings. The van der Waals surface area contributed by atoms with Gasteiger partial charge < -0.3 is 10.1 Å². The molecule has 1 aliphatic rings. The first-order valence-electron chi connectivity index (χ1n) is 12.4. The van der Waals surface area contributed by atoms with Gasteiger partial charge in [0.25, 0.3) is 0 Å². The summed E-state index contributed by atoms with van der Waals surface area (Å²) in [4.78, 5) is 30.4. The Morgan fingerprint density at radius 3 is 2.64 bits per heavy atom. The van der Waals surface area contributed by atoms with Crippen LogP contribution in [0.4, 0.5) is 8.78 Å². The smallest absolute Gasteiger partial charge is 0.333 e. The second-order valence-electron chi connectivity index (χ2n) is 9.77. The number of hydrogen-bond acceptors (Lipinski definition) is 6. The first-order valence-corrected chi connectivity index (χ1v) is 12.9. The largest absolute Gasteiger partial charge is 0.467 e. The highest BCUT2D eigenvalue weighted by atomic mass is 35.5. The summed E-state index contributed by atoms with van der Waals surface area (Å²) in [6.45, 7) is -2.80. The van der Waals surface area contributed by atoms with E-state index < -0.39 is 24.0 Å². The summed E-state index contributed by atoms with van der Waals surface area (Å²) in [6.07, 6.45) is 7.05. The van der Waals surface area contributed by atoms with Crippen molar-refractivity contribution in [2.45, 2.75) is 37.8 Å². The maximum absolute atomic E-state index is 13.5. The number of methoxy groups -OCH3 is 1. The van der Waals surface area contributed by atoms with Gasteiger partial charge in [-0.05, 0) is 41.5 Å². The molecule has 0 aliphatic heterocycles. The number of aryl methyl sites for hydroxylation is 1. The van der Waals surface area contributed by atoms with Crippen molar-refractivity contribution in [1.29, 1.82) is 0 Å². The number of alkyl halides is 3. The van der Waals surface area contributed by atoms with Gasteiger partial charge in [-0.1, -0.05) is 24.3 Å². The molecule has 3 aromatic heterocycles. The van der Waals surface area contributed by atoms with Gasteiger partial charge in [0.05, 0.1) is 18.7 Å². The summed E-state index contributed by atoms with van der Waals surface area (Å²) in [6, 6.07) is 8.96. The quantitative estimate of drug-likeness (QED) is 0.232. The molecule has 0 unspecified atom stereocenters. The summed E-state index contributed by atoms with van der Waals surface area (Å²) < 4.78 is 32.9. The predicted octanol–water partition coefficient (Wildman–Crippen LogP) is 4.23. The minimum atomic E-state index is -2.80. The van der Waals surface area contributed by atoms with E-state index in [1.54, 1.807) is 10.9 Å². The number of carbonyl (C=O) groups is 2. The van der Waals surface area contributed by atoms with Crippen LogP contribution in [0.3, 0.4) is 0 Å². The number of hydrogen-bond donors (Lipinski definition) is 1. The number of halogens is 3. The van der Waals surface area contributed by atoms with E-state index in [2.05, 4.69) is 20.5 Å². The average Bonchev–Trinajstić information content (AvgIpc) is 3.25. The predicted molar refractivity (Wildman–Crippen MR) is 140 cm³/mol. The highest BCUT2D eigenvalue weighted by Gasteiger charge is 2.60. The summed E-state index contributed by atoms with van der Waals surface area (Å²) in [7, 11) is 3.06. The number of nitrogens with zero attached hydrogens (tertiary/aromatic N) is 5. The highest BCUT2D eigenvalue weighted by Crippen LogP contribution is 2.62. The Balaban J connectivity index is 1.32. The minimum absolute atomic E-state index is 0.0310. The van der Waals surface area contributed by atoms with E-state index in [9.17, 15) is 18.4 Å². The second-order valence-corrected chi connectivity index (χ2v) is 10.2. The van der Waals surface area contributed by atoms with E-state index in [-0.39, 0.29) is 24.1 Å². The molecular formula is C27H27ClF2N6O3. The molecule has 0 radical (unpaired) electrons. The lowest BCUT2D eigenvalue weighted by atomic mass is 9.93. The second kappa shape index (κ2) is 10.7. The molecule has 5 rings (SSSR count). The zero-order valence-corrected chi connectivity index (χ0v) is 22.1. The number of esters is 1. The number of ether oxygens (including phenoxy) is 1. The number of amides is 1. The molecule has 3 atom stereocenters. The zero-order chi connectivity index (χ0) is 27.7. The van der Waals surface area contributed by atoms with E-state index in [4.69, 9.17) is 16.3 Å². The fraction of sp³-hybridized carbons (Fsp3) is 0.370. The van der Waals surface area contributed by atoms with Crippen molar-refractivity contribution in [3.8, 4) is 11.1 Å². The topological polar surface area (TPSA) is 104 Å². The molecule has 1 N–H and O–H groups in total. The first kappa shape index (κ1) is 26.7. The van der Waals surface area contributed by atoms with Crippen LogP contribution in [0.5, 0.6) is 0 Å². The van der Waals surface area contributed by atoms with Crippen LogP contribution < -0.4 is 5.32 Å². The average molecular weight is 557 g/mol. The first-order chi connectivity index (χ1) is 18.7. The standard InChI is InChI=1S/C27H27ClF2N6O3/c1-35-15-20-10-19(13-31-23(20)34-35)17-3-5-18(6-4-17)21-11-27(21,7-8-28)25(38)33-22(24(37)39-2)9-16-12-32-36(14-16)26(29)30/h3-6,10,12-15,21-22,26H,7-9,11H2,1-2H3,(H,33,38)/t21-,22-,27+/m1/s1. The van der Waals surface area contributed by atoms with Crippen molar-refractivity contribution in [2.75, 3.05) is 13.0 Å². The Bertz CT molecular complexity index is 1500. The van der Waals surface area contributed by atoms with Gasteiger partial charge in [0.1, 0.15) is 6.04 Å². The maximum Gasteiger partial charge on any atom is 0.333 e. The molecule has 3 heterocycles. The van der Waals surface area contributed by atoms with Gasteiger partial charge in [-0.3, -0.25) is 9.48 Å². The molecule has 1 aromatic carbocycles. The number of pyridine rings is 1. The molecule has 204 valence electrons. The van der Waals surface area contributed by atoms with E-state index in [1.807, 2.05) is 43.6 Å². The number of rotatable bonds is 10. The molecular weight excluding hydrogens is 530 g/mol. The highest BCUT2D eigenvalue weighted by molar-refractivity contribution is 6.18. The monoisotopic (exact) mass is 556 g/mol. The van der Waals surface area contributed by atoms with E-state index in [1.165, 1.54) is 13.3 Å². The molecule has 1 fully saturated rings. The fourth-order valence-electron chi connectivity index (χ4n) is 5.11. The molecule has 0 bridgehead atoms. The van der Waals surface area contributed by atoms with Crippen LogP contribution in [-0.4, -0.2) is 55.5 Å². The molecule has 1 amide bonds. The lowest BCUT2D eigenvalue weighted by Crippen LogP contribution is -2.46. The van der Waals surface area contributed by atoms with Crippen LogP contribution in [0.1, 0.15) is 36.4 Å². The van der Waals surface area contributed by atoms with E-state index in [0.717, 1.165) is 28.3 Å². The minimum Gasteiger partial charge on any atom is -0.467 e. The Hall–Kier alpha value is -3.86. The third-order valence-corrected chi connectivity index (χ3v) is 7.46. The van der Waals surface area contributed by atoms with Gasteiger partial charge in [0.15, 0.2) is 5.65 Å². The van der Waals surface area contributed by atoms with Crippen LogP contribution >= 0.6 is 11.6 Å². The fourth-order valence-corrected chi connectivity index (χ4v) is 5.45. The summed E-state index contributed by atoms with van der Waals surface area (Å²) in [5, 5.41) is 11.6. The third-order valence-electron chi connectivity index (χ3n) is 7.27. The number of carbonyl (C=O) groups excluding carboxylic acids is 2. The third kappa shape index (κ3) is 5.36. The van der Waals surface area contributed by atoms with Crippen molar-refractivity contribution < 1.29 is 23.1 Å². The van der Waals surface area contributed by atoms with Gasteiger partial charge in [-0.25, -0.2) is 14.5 Å². The van der Waals surface area contributed by atoms with Crippen LogP contribution in [0.2, 0.25) is 0 Å². The Kier molecular flexibility index (Phi) is 7.35. The number of nitrogens with one attached hydrogen (secondary N) is 1. The van der Waals surface area contributed by atoms with Crippen LogP contribution in [0.15, 0.2) is 55.1 Å². The maximum atomic E-state index is 13.5. The Morgan fingerprint density at radius 2 is 1.97 bits per heavy atom.